The van der Waals surface area contributed by atoms with Crippen molar-refractivity contribution in [3.8, 4) is 0 Å². The summed E-state index contributed by atoms with van der Waals surface area (Å²) in [5, 5.41) is 14.5. The highest BCUT2D eigenvalue weighted by atomic mass is 16.5. The second-order valence-electron chi connectivity index (χ2n) is 6.09. The molecule has 7 nitrogen and oxygen atoms in total. The number of piperidine rings is 1. The molecule has 2 aromatic heterocycles. The number of pyridine rings is 1. The molecule has 0 radical (unpaired) electrons. The summed E-state index contributed by atoms with van der Waals surface area (Å²) >= 11 is 0. The largest absolute Gasteiger partial charge is 0.388 e. The van der Waals surface area contributed by atoms with Crippen molar-refractivity contribution in [2.75, 3.05) is 13.1 Å². The second-order valence-corrected chi connectivity index (χ2v) is 6.09. The fraction of sp³-hybridized carbons (Fsp3) is 0.500. The van der Waals surface area contributed by atoms with Crippen LogP contribution >= 0.6 is 0 Å². The lowest BCUT2D eigenvalue weighted by molar-refractivity contribution is -0.137. The Morgan fingerprint density at radius 2 is 2.39 bits per heavy atom. The minimum Gasteiger partial charge on any atom is -0.388 e. The topological polar surface area (TPSA) is 92.4 Å². The van der Waals surface area contributed by atoms with Crippen molar-refractivity contribution < 1.29 is 14.4 Å². The van der Waals surface area contributed by atoms with E-state index >= 15 is 0 Å². The third kappa shape index (κ3) is 3.92. The lowest BCUT2D eigenvalue weighted by atomic mass is 9.89. The van der Waals surface area contributed by atoms with E-state index in [2.05, 4.69) is 15.1 Å². The van der Waals surface area contributed by atoms with Gasteiger partial charge in [-0.3, -0.25) is 9.78 Å². The van der Waals surface area contributed by atoms with E-state index in [-0.39, 0.29) is 18.9 Å². The summed E-state index contributed by atoms with van der Waals surface area (Å²) in [6.45, 7) is 2.68. The van der Waals surface area contributed by atoms with Crippen LogP contribution in [0.3, 0.4) is 0 Å². The molecule has 0 aliphatic carbocycles. The number of rotatable bonds is 4. The van der Waals surface area contributed by atoms with Crippen LogP contribution in [0.25, 0.3) is 0 Å². The minimum atomic E-state index is -1.01. The standard InChI is InChI=1S/C16H20N4O3/c1-12-18-14(23-19-12)9-16(22)5-3-7-20(11-16)15(21)8-13-4-2-6-17-10-13/h2,4,6,10,22H,3,5,7-9,11H2,1H3. The summed E-state index contributed by atoms with van der Waals surface area (Å²) < 4.78 is 5.09. The molecule has 3 heterocycles. The molecule has 1 aliphatic rings. The zero-order valence-corrected chi connectivity index (χ0v) is 13.1. The van der Waals surface area contributed by atoms with Crippen molar-refractivity contribution in [2.45, 2.75) is 38.2 Å². The Morgan fingerprint density at radius 3 is 3.09 bits per heavy atom. The van der Waals surface area contributed by atoms with Gasteiger partial charge in [0.2, 0.25) is 11.8 Å². The number of likely N-dealkylation sites (tertiary alicyclic amines) is 1. The maximum atomic E-state index is 12.4. The number of β-amino-alcohol motifs (C(OH)–C–C–N with tert-alkyl or cyclic N) is 1. The highest BCUT2D eigenvalue weighted by Crippen LogP contribution is 2.25. The second kappa shape index (κ2) is 6.45. The van der Waals surface area contributed by atoms with Gasteiger partial charge in [-0.25, -0.2) is 0 Å². The average Bonchev–Trinajstić information content (AvgIpc) is 2.92. The fourth-order valence-corrected chi connectivity index (χ4v) is 2.95. The minimum absolute atomic E-state index is 0.00200. The van der Waals surface area contributed by atoms with Gasteiger partial charge in [0.25, 0.3) is 0 Å². The number of aliphatic hydroxyl groups is 1. The molecule has 7 heteroatoms. The van der Waals surface area contributed by atoms with Crippen LogP contribution in [0.5, 0.6) is 0 Å². The number of aromatic nitrogens is 3. The number of nitrogens with zero attached hydrogens (tertiary/aromatic N) is 4. The first kappa shape index (κ1) is 15.6. The number of aryl methyl sites for hydroxylation is 1. The van der Waals surface area contributed by atoms with Crippen molar-refractivity contribution >= 4 is 5.91 Å². The van der Waals surface area contributed by atoms with Crippen molar-refractivity contribution in [3.63, 3.8) is 0 Å². The van der Waals surface area contributed by atoms with E-state index in [1.54, 1.807) is 24.2 Å². The van der Waals surface area contributed by atoms with Crippen LogP contribution in [0.15, 0.2) is 29.0 Å². The molecule has 1 aliphatic heterocycles. The van der Waals surface area contributed by atoms with E-state index in [9.17, 15) is 9.90 Å². The number of carbonyl (C=O) groups is 1. The van der Waals surface area contributed by atoms with Gasteiger partial charge in [0.1, 0.15) is 0 Å². The molecular formula is C16H20N4O3. The van der Waals surface area contributed by atoms with E-state index in [4.69, 9.17) is 4.52 Å². The predicted molar refractivity (Wildman–Crippen MR) is 81.4 cm³/mol. The number of hydrogen-bond donors (Lipinski definition) is 1. The Morgan fingerprint density at radius 1 is 1.52 bits per heavy atom. The molecule has 1 atom stereocenters. The molecule has 3 rings (SSSR count). The van der Waals surface area contributed by atoms with Crippen LogP contribution in [0.4, 0.5) is 0 Å². The third-order valence-corrected chi connectivity index (χ3v) is 4.04. The molecule has 1 fully saturated rings. The molecule has 23 heavy (non-hydrogen) atoms. The Balaban J connectivity index is 1.64. The van der Waals surface area contributed by atoms with Crippen LogP contribution in [0.2, 0.25) is 0 Å². The molecular weight excluding hydrogens is 296 g/mol. The predicted octanol–water partition coefficient (Wildman–Crippen LogP) is 0.912. The van der Waals surface area contributed by atoms with Gasteiger partial charge in [-0.15, -0.1) is 0 Å². The zero-order valence-electron chi connectivity index (χ0n) is 13.1. The van der Waals surface area contributed by atoms with E-state index in [1.807, 2.05) is 12.1 Å². The van der Waals surface area contributed by atoms with Crippen molar-refractivity contribution in [2.24, 2.45) is 0 Å². The van der Waals surface area contributed by atoms with Crippen molar-refractivity contribution in [1.82, 2.24) is 20.0 Å². The Bertz CT molecular complexity index is 673. The van der Waals surface area contributed by atoms with Gasteiger partial charge in [-0.05, 0) is 31.4 Å². The maximum Gasteiger partial charge on any atom is 0.229 e. The summed E-state index contributed by atoms with van der Waals surface area (Å²) in [5.41, 5.74) is -0.138. The first-order valence-corrected chi connectivity index (χ1v) is 7.72. The van der Waals surface area contributed by atoms with Gasteiger partial charge in [-0.2, -0.15) is 4.98 Å². The zero-order chi connectivity index (χ0) is 16.3. The average molecular weight is 316 g/mol. The summed E-state index contributed by atoms with van der Waals surface area (Å²) in [7, 11) is 0. The molecule has 1 saturated heterocycles. The van der Waals surface area contributed by atoms with Crippen molar-refractivity contribution in [3.05, 3.63) is 41.8 Å². The van der Waals surface area contributed by atoms with Crippen LogP contribution in [0, 0.1) is 6.92 Å². The fourth-order valence-electron chi connectivity index (χ4n) is 2.95. The van der Waals surface area contributed by atoms with Gasteiger partial charge < -0.3 is 14.5 Å². The Labute approximate surface area is 134 Å². The van der Waals surface area contributed by atoms with E-state index in [0.29, 0.717) is 31.1 Å². The van der Waals surface area contributed by atoms with Gasteiger partial charge in [0.05, 0.1) is 18.4 Å². The number of amides is 1. The van der Waals surface area contributed by atoms with Gasteiger partial charge in [-0.1, -0.05) is 11.2 Å². The van der Waals surface area contributed by atoms with Crippen molar-refractivity contribution in [1.29, 1.82) is 0 Å². The lowest BCUT2D eigenvalue weighted by Crippen LogP contribution is -2.51. The van der Waals surface area contributed by atoms with E-state index in [0.717, 1.165) is 12.0 Å². The molecule has 122 valence electrons. The van der Waals surface area contributed by atoms with Crippen LogP contribution in [-0.2, 0) is 17.6 Å². The molecule has 2 aromatic rings. The van der Waals surface area contributed by atoms with Gasteiger partial charge >= 0.3 is 0 Å². The molecule has 1 amide bonds. The number of hydrogen-bond acceptors (Lipinski definition) is 6. The summed E-state index contributed by atoms with van der Waals surface area (Å²) in [6.07, 6.45) is 5.30. The van der Waals surface area contributed by atoms with Crippen LogP contribution < -0.4 is 0 Å². The molecule has 1 unspecified atom stereocenters. The highest BCUT2D eigenvalue weighted by molar-refractivity contribution is 5.78. The lowest BCUT2D eigenvalue weighted by Gasteiger charge is -2.38. The Kier molecular flexibility index (Phi) is 4.38. The van der Waals surface area contributed by atoms with E-state index in [1.165, 1.54) is 0 Å². The van der Waals surface area contributed by atoms with Gasteiger partial charge in [0, 0.05) is 25.5 Å². The summed E-state index contributed by atoms with van der Waals surface area (Å²) in [4.78, 5) is 22.3. The van der Waals surface area contributed by atoms with Crippen LogP contribution in [0.1, 0.15) is 30.1 Å². The SMILES string of the molecule is Cc1noc(CC2(O)CCCN(C(=O)Cc3cccnc3)C2)n1. The monoisotopic (exact) mass is 316 g/mol. The van der Waals surface area contributed by atoms with E-state index < -0.39 is 5.60 Å². The molecule has 0 spiro atoms. The van der Waals surface area contributed by atoms with Gasteiger partial charge in [0.15, 0.2) is 5.82 Å². The van der Waals surface area contributed by atoms with Crippen LogP contribution in [-0.4, -0.2) is 49.7 Å². The smallest absolute Gasteiger partial charge is 0.229 e. The normalized spacial score (nSPS) is 21.4. The highest BCUT2D eigenvalue weighted by Gasteiger charge is 2.36. The molecule has 0 bridgehead atoms. The quantitative estimate of drug-likeness (QED) is 0.901. The maximum absolute atomic E-state index is 12.4. The summed E-state index contributed by atoms with van der Waals surface area (Å²) in [5.74, 6) is 0.952. The third-order valence-electron chi connectivity index (χ3n) is 4.04. The molecule has 0 aromatic carbocycles. The Hall–Kier alpha value is -2.28. The summed E-state index contributed by atoms with van der Waals surface area (Å²) in [6, 6.07) is 3.69. The molecule has 1 N–H and O–H groups in total. The molecule has 0 saturated carbocycles. The first-order chi connectivity index (χ1) is 11.0. The first-order valence-electron chi connectivity index (χ1n) is 7.72. The number of carbonyl (C=O) groups excluding carboxylic acids is 1.